The number of anilines is 1. The van der Waals surface area contributed by atoms with E-state index in [1.54, 1.807) is 23.2 Å². The number of fused-ring (bicyclic) bond motifs is 2. The monoisotopic (exact) mass is 392 g/mol. The summed E-state index contributed by atoms with van der Waals surface area (Å²) < 4.78 is 27.4. The predicted octanol–water partition coefficient (Wildman–Crippen LogP) is 1.66. The molecule has 3 heterocycles. The van der Waals surface area contributed by atoms with Crippen LogP contribution in [0.5, 0.6) is 0 Å². The fourth-order valence-corrected chi connectivity index (χ4v) is 4.80. The minimum Gasteiger partial charge on any atom is -0.360 e. The molecule has 0 aliphatic carbocycles. The van der Waals surface area contributed by atoms with Crippen LogP contribution < -0.4 is 10.0 Å². The Morgan fingerprint density at radius 1 is 1.35 bits per heavy atom. The van der Waals surface area contributed by atoms with Gasteiger partial charge in [0.2, 0.25) is 10.0 Å². The van der Waals surface area contributed by atoms with Gasteiger partial charge in [0.05, 0.1) is 5.69 Å². The molecular formula is C17H17ClN4O3S. The number of benzene rings is 1. The molecule has 0 bridgehead atoms. The lowest BCUT2D eigenvalue weighted by atomic mass is 10.0. The van der Waals surface area contributed by atoms with Crippen molar-refractivity contribution in [3.63, 3.8) is 0 Å². The first-order valence-corrected chi connectivity index (χ1v) is 10.0. The Balaban J connectivity index is 1.61. The van der Waals surface area contributed by atoms with Gasteiger partial charge in [-0.3, -0.25) is 4.79 Å². The summed E-state index contributed by atoms with van der Waals surface area (Å²) in [5.41, 5.74) is 3.21. The van der Waals surface area contributed by atoms with Gasteiger partial charge < -0.3 is 10.2 Å². The van der Waals surface area contributed by atoms with Gasteiger partial charge in [-0.15, -0.1) is 0 Å². The van der Waals surface area contributed by atoms with Gasteiger partial charge in [0.15, 0.2) is 6.17 Å². The van der Waals surface area contributed by atoms with Crippen molar-refractivity contribution in [1.82, 2.24) is 14.6 Å². The number of aryl methyl sites for hydroxylation is 1. The number of nitrogens with one attached hydrogen (secondary N) is 2. The first kappa shape index (κ1) is 17.3. The van der Waals surface area contributed by atoms with Gasteiger partial charge in [0, 0.05) is 24.8 Å². The quantitative estimate of drug-likeness (QED) is 0.720. The molecule has 0 radical (unpaired) electrons. The van der Waals surface area contributed by atoms with Crippen LogP contribution in [0.15, 0.2) is 35.4 Å². The summed E-state index contributed by atoms with van der Waals surface area (Å²) in [6, 6.07) is 6.87. The highest BCUT2D eigenvalue weighted by Crippen LogP contribution is 2.29. The number of carbonyl (C=O) groups is 1. The van der Waals surface area contributed by atoms with E-state index in [2.05, 4.69) is 15.0 Å². The molecule has 1 amide bonds. The Kier molecular flexibility index (Phi) is 4.13. The van der Waals surface area contributed by atoms with E-state index >= 15 is 0 Å². The molecule has 26 heavy (non-hydrogen) atoms. The highest BCUT2D eigenvalue weighted by atomic mass is 35.5. The normalized spacial score (nSPS) is 20.7. The standard InChI is InChI=1S/C17H17ClN4O3S/c1-10-2-3-14-13(8-10)20-16(21-26(14,24)25)17(23)22-7-5-11-4-6-19-15(18)12(11)9-22/h2-4,6,8,16,20-21H,5,7,9H2,1H3. The van der Waals surface area contributed by atoms with Gasteiger partial charge >= 0.3 is 0 Å². The third kappa shape index (κ3) is 2.94. The lowest BCUT2D eigenvalue weighted by molar-refractivity contribution is -0.133. The number of pyridine rings is 1. The van der Waals surface area contributed by atoms with Crippen LogP contribution in [0.4, 0.5) is 5.69 Å². The number of hydrogen-bond donors (Lipinski definition) is 2. The molecule has 0 spiro atoms. The zero-order chi connectivity index (χ0) is 18.5. The summed E-state index contributed by atoms with van der Waals surface area (Å²) in [5, 5.41) is 3.37. The molecule has 1 aromatic heterocycles. The van der Waals surface area contributed by atoms with Crippen molar-refractivity contribution in [2.75, 3.05) is 11.9 Å². The zero-order valence-corrected chi connectivity index (χ0v) is 15.6. The minimum absolute atomic E-state index is 0.142. The number of hydrogen-bond acceptors (Lipinski definition) is 5. The average molecular weight is 393 g/mol. The van der Waals surface area contributed by atoms with Crippen molar-refractivity contribution in [3.8, 4) is 0 Å². The van der Waals surface area contributed by atoms with Crippen molar-refractivity contribution in [2.45, 2.75) is 31.0 Å². The maximum absolute atomic E-state index is 12.9. The second kappa shape index (κ2) is 6.22. The van der Waals surface area contributed by atoms with E-state index in [0.717, 1.165) is 16.7 Å². The van der Waals surface area contributed by atoms with E-state index in [-0.39, 0.29) is 10.8 Å². The molecule has 2 aromatic rings. The van der Waals surface area contributed by atoms with E-state index in [0.29, 0.717) is 30.4 Å². The van der Waals surface area contributed by atoms with E-state index in [1.165, 1.54) is 6.07 Å². The van der Waals surface area contributed by atoms with E-state index in [4.69, 9.17) is 11.6 Å². The number of carbonyl (C=O) groups excluding carboxylic acids is 1. The molecule has 2 aliphatic rings. The van der Waals surface area contributed by atoms with Gasteiger partial charge in [-0.2, -0.15) is 4.72 Å². The zero-order valence-electron chi connectivity index (χ0n) is 14.0. The maximum atomic E-state index is 12.9. The molecule has 2 aliphatic heterocycles. The summed E-state index contributed by atoms with van der Waals surface area (Å²) in [6.45, 7) is 2.66. The minimum atomic E-state index is -3.76. The Bertz CT molecular complexity index is 1010. The van der Waals surface area contributed by atoms with E-state index in [9.17, 15) is 13.2 Å². The fraction of sp³-hybridized carbons (Fsp3) is 0.294. The summed E-state index contributed by atoms with van der Waals surface area (Å²) >= 11 is 6.15. The van der Waals surface area contributed by atoms with Crippen LogP contribution in [-0.2, 0) is 27.8 Å². The first-order valence-electron chi connectivity index (χ1n) is 8.16. The molecule has 2 N–H and O–H groups in total. The summed E-state index contributed by atoms with van der Waals surface area (Å²) in [4.78, 5) is 18.7. The Hall–Kier alpha value is -2.16. The first-order chi connectivity index (χ1) is 12.3. The highest BCUT2D eigenvalue weighted by molar-refractivity contribution is 7.89. The Morgan fingerprint density at radius 2 is 2.15 bits per heavy atom. The average Bonchev–Trinajstić information content (AvgIpc) is 2.60. The second-order valence-corrected chi connectivity index (χ2v) is 8.49. The summed E-state index contributed by atoms with van der Waals surface area (Å²) in [5.74, 6) is -0.341. The number of sulfonamides is 1. The SMILES string of the molecule is Cc1ccc2c(c1)NC(C(=O)N1CCc3ccnc(Cl)c3C1)NS2(=O)=O. The molecule has 7 nitrogen and oxygen atoms in total. The van der Waals surface area contributed by atoms with Crippen molar-refractivity contribution in [2.24, 2.45) is 0 Å². The fourth-order valence-electron chi connectivity index (χ4n) is 3.31. The largest absolute Gasteiger partial charge is 0.360 e. The van der Waals surface area contributed by atoms with E-state index in [1.807, 2.05) is 13.0 Å². The van der Waals surface area contributed by atoms with Crippen LogP contribution in [0.2, 0.25) is 5.15 Å². The molecule has 1 unspecified atom stereocenters. The third-order valence-corrected chi connectivity index (χ3v) is 6.46. The van der Waals surface area contributed by atoms with Crippen LogP contribution in [0.25, 0.3) is 0 Å². The van der Waals surface area contributed by atoms with Crippen molar-refractivity contribution in [1.29, 1.82) is 0 Å². The second-order valence-electron chi connectivity index (χ2n) is 6.45. The Labute approximate surface area is 156 Å². The lowest BCUT2D eigenvalue weighted by Gasteiger charge is -2.34. The van der Waals surface area contributed by atoms with Gasteiger partial charge in [-0.25, -0.2) is 13.4 Å². The van der Waals surface area contributed by atoms with Crippen molar-refractivity contribution in [3.05, 3.63) is 52.3 Å². The summed E-state index contributed by atoms with van der Waals surface area (Å²) in [7, 11) is -3.76. The van der Waals surface area contributed by atoms with Crippen LogP contribution in [-0.4, -0.2) is 36.9 Å². The molecule has 136 valence electrons. The number of nitrogens with zero attached hydrogens (tertiary/aromatic N) is 2. The molecule has 0 fully saturated rings. The lowest BCUT2D eigenvalue weighted by Crippen LogP contribution is -2.55. The Morgan fingerprint density at radius 3 is 2.96 bits per heavy atom. The van der Waals surface area contributed by atoms with Crippen molar-refractivity contribution >= 4 is 33.2 Å². The van der Waals surface area contributed by atoms with Gasteiger partial charge in [0.25, 0.3) is 5.91 Å². The maximum Gasteiger partial charge on any atom is 0.261 e. The molecular weight excluding hydrogens is 376 g/mol. The van der Waals surface area contributed by atoms with Gasteiger partial charge in [-0.1, -0.05) is 17.7 Å². The molecule has 1 atom stereocenters. The topological polar surface area (TPSA) is 91.4 Å². The molecule has 0 saturated carbocycles. The van der Waals surface area contributed by atoms with E-state index < -0.39 is 16.2 Å². The number of amides is 1. The number of halogens is 1. The highest BCUT2D eigenvalue weighted by Gasteiger charge is 2.36. The molecule has 9 heteroatoms. The van der Waals surface area contributed by atoms with Crippen LogP contribution in [0, 0.1) is 6.92 Å². The summed E-state index contributed by atoms with van der Waals surface area (Å²) in [6.07, 6.45) is 1.25. The molecule has 4 rings (SSSR count). The predicted molar refractivity (Wildman–Crippen MR) is 97.3 cm³/mol. The molecule has 0 saturated heterocycles. The molecule has 1 aromatic carbocycles. The number of rotatable bonds is 1. The van der Waals surface area contributed by atoms with Gasteiger partial charge in [0.1, 0.15) is 10.0 Å². The smallest absolute Gasteiger partial charge is 0.261 e. The number of aromatic nitrogens is 1. The third-order valence-electron chi connectivity index (χ3n) is 4.66. The van der Waals surface area contributed by atoms with Crippen molar-refractivity contribution < 1.29 is 13.2 Å². The van der Waals surface area contributed by atoms with Crippen LogP contribution in [0.1, 0.15) is 16.7 Å². The van der Waals surface area contributed by atoms with Gasteiger partial charge in [-0.05, 0) is 42.7 Å². The van der Waals surface area contributed by atoms with Crippen LogP contribution in [0.3, 0.4) is 0 Å². The van der Waals surface area contributed by atoms with Crippen LogP contribution >= 0.6 is 11.6 Å².